The summed E-state index contributed by atoms with van der Waals surface area (Å²) in [7, 11) is 0. The van der Waals surface area contributed by atoms with E-state index in [2.05, 4.69) is 190 Å². The van der Waals surface area contributed by atoms with E-state index >= 15 is 0 Å². The maximum Gasteiger partial charge on any atom is 0.165 e. The predicted molar refractivity (Wildman–Crippen MR) is 218 cm³/mol. The SMILES string of the molecule is c1ccc(-n2c(-c3ccc(-n4c5ccccc5c5ccccc54)cc3)nc3c(-c4cccc(-n5c6ccccc6c6ccccc65)c4)ccnc32)cc1. The minimum absolute atomic E-state index is 0.817. The Bertz CT molecular complexity index is 3060. The van der Waals surface area contributed by atoms with Gasteiger partial charge in [-0.2, -0.15) is 0 Å². The third kappa shape index (κ3) is 4.51. The van der Waals surface area contributed by atoms with E-state index in [1.165, 1.54) is 43.6 Å². The van der Waals surface area contributed by atoms with E-state index < -0.39 is 0 Å². The summed E-state index contributed by atoms with van der Waals surface area (Å²) in [6.45, 7) is 0. The highest BCUT2D eigenvalue weighted by atomic mass is 15.1. The van der Waals surface area contributed by atoms with Crippen molar-refractivity contribution < 1.29 is 0 Å². The average Bonchev–Trinajstić information content (AvgIpc) is 3.90. The van der Waals surface area contributed by atoms with E-state index in [1.807, 2.05) is 12.3 Å². The Balaban J connectivity index is 1.08. The van der Waals surface area contributed by atoms with Crippen LogP contribution in [-0.4, -0.2) is 23.7 Å². The summed E-state index contributed by atoms with van der Waals surface area (Å²) in [5.41, 5.74) is 12.8. The molecule has 11 rings (SSSR count). The highest BCUT2D eigenvalue weighted by Gasteiger charge is 2.20. The van der Waals surface area contributed by atoms with Crippen LogP contribution in [-0.2, 0) is 0 Å². The van der Waals surface area contributed by atoms with E-state index in [9.17, 15) is 0 Å². The van der Waals surface area contributed by atoms with Crippen LogP contribution in [0.4, 0.5) is 0 Å². The van der Waals surface area contributed by atoms with Crippen molar-refractivity contribution in [1.29, 1.82) is 0 Å². The largest absolute Gasteiger partial charge is 0.309 e. The summed E-state index contributed by atoms with van der Waals surface area (Å²) in [5, 5.41) is 4.99. The lowest BCUT2D eigenvalue weighted by molar-refractivity contribution is 1.08. The monoisotopic (exact) mass is 677 g/mol. The number of pyridine rings is 1. The van der Waals surface area contributed by atoms with Crippen LogP contribution in [0.25, 0.3) is 94.4 Å². The van der Waals surface area contributed by atoms with E-state index in [-0.39, 0.29) is 0 Å². The molecule has 0 unspecified atom stereocenters. The van der Waals surface area contributed by atoms with Gasteiger partial charge in [-0.1, -0.05) is 103 Å². The fraction of sp³-hybridized carbons (Fsp3) is 0. The standard InChI is InChI=1S/C48H31N5/c1-2-14-34(15-3-1)53-47(32-25-27-35(28-26-32)51-42-21-8-4-17-38(42)39-18-5-9-22-43(39)51)50-46-37(29-30-49-48(46)53)33-13-12-16-36(31-33)52-44-23-10-6-19-40(44)41-20-7-11-24-45(41)52/h1-31H. The van der Waals surface area contributed by atoms with Crippen LogP contribution in [0.15, 0.2) is 188 Å². The molecule has 5 heteroatoms. The molecule has 248 valence electrons. The van der Waals surface area contributed by atoms with Gasteiger partial charge in [0, 0.05) is 55.9 Å². The molecule has 5 nitrogen and oxygen atoms in total. The number of imidazole rings is 1. The van der Waals surface area contributed by atoms with E-state index in [4.69, 9.17) is 9.97 Å². The van der Waals surface area contributed by atoms with E-state index in [1.54, 1.807) is 0 Å². The molecule has 0 spiro atoms. The van der Waals surface area contributed by atoms with Gasteiger partial charge < -0.3 is 9.13 Å². The van der Waals surface area contributed by atoms with Crippen LogP contribution in [0.5, 0.6) is 0 Å². The lowest BCUT2D eigenvalue weighted by Gasteiger charge is -2.11. The molecule has 0 aliphatic rings. The molecule has 0 fully saturated rings. The number of fused-ring (bicyclic) bond motifs is 7. The number of rotatable bonds is 5. The van der Waals surface area contributed by atoms with Crippen molar-refractivity contribution in [1.82, 2.24) is 23.7 Å². The Morgan fingerprint density at radius 2 is 0.849 bits per heavy atom. The van der Waals surface area contributed by atoms with Crippen molar-refractivity contribution in [2.24, 2.45) is 0 Å². The van der Waals surface area contributed by atoms with Gasteiger partial charge in [-0.3, -0.25) is 4.57 Å². The molecule has 11 aromatic rings. The van der Waals surface area contributed by atoms with E-state index in [0.29, 0.717) is 0 Å². The zero-order chi connectivity index (χ0) is 34.9. The molecule has 7 aromatic carbocycles. The zero-order valence-corrected chi connectivity index (χ0v) is 28.6. The number of para-hydroxylation sites is 5. The van der Waals surface area contributed by atoms with Gasteiger partial charge in [-0.05, 0) is 84.4 Å². The average molecular weight is 678 g/mol. The van der Waals surface area contributed by atoms with Crippen molar-refractivity contribution in [2.75, 3.05) is 0 Å². The minimum atomic E-state index is 0.817. The number of benzene rings is 7. The second-order valence-corrected chi connectivity index (χ2v) is 13.5. The lowest BCUT2D eigenvalue weighted by atomic mass is 10.1. The normalized spacial score (nSPS) is 11.8. The molecule has 0 saturated carbocycles. The summed E-state index contributed by atoms with van der Waals surface area (Å²) in [6.07, 6.45) is 1.90. The Morgan fingerprint density at radius 1 is 0.358 bits per heavy atom. The smallest absolute Gasteiger partial charge is 0.165 e. The molecule has 0 aliphatic heterocycles. The van der Waals surface area contributed by atoms with Crippen LogP contribution in [0.1, 0.15) is 0 Å². The number of hydrogen-bond donors (Lipinski definition) is 0. The van der Waals surface area contributed by atoms with Crippen molar-refractivity contribution in [2.45, 2.75) is 0 Å². The Labute approximate surface area is 305 Å². The molecule has 0 saturated heterocycles. The summed E-state index contributed by atoms with van der Waals surface area (Å²) < 4.78 is 6.89. The Kier molecular flexibility index (Phi) is 6.48. The Morgan fingerprint density at radius 3 is 1.43 bits per heavy atom. The van der Waals surface area contributed by atoms with Crippen LogP contribution in [0.2, 0.25) is 0 Å². The first-order valence-corrected chi connectivity index (χ1v) is 17.9. The summed E-state index contributed by atoms with van der Waals surface area (Å²) in [4.78, 5) is 10.4. The summed E-state index contributed by atoms with van der Waals surface area (Å²) >= 11 is 0. The molecule has 4 aromatic heterocycles. The highest BCUT2D eigenvalue weighted by molar-refractivity contribution is 6.10. The first-order valence-electron chi connectivity index (χ1n) is 17.9. The molecule has 0 N–H and O–H groups in total. The molecule has 0 bridgehead atoms. The molecule has 53 heavy (non-hydrogen) atoms. The van der Waals surface area contributed by atoms with Gasteiger partial charge >= 0.3 is 0 Å². The van der Waals surface area contributed by atoms with Gasteiger partial charge in [0.15, 0.2) is 5.65 Å². The van der Waals surface area contributed by atoms with Crippen LogP contribution >= 0.6 is 0 Å². The van der Waals surface area contributed by atoms with Gasteiger partial charge in [-0.25, -0.2) is 9.97 Å². The maximum atomic E-state index is 5.41. The van der Waals surface area contributed by atoms with Gasteiger partial charge in [-0.15, -0.1) is 0 Å². The second kappa shape index (κ2) is 11.7. The second-order valence-electron chi connectivity index (χ2n) is 13.5. The number of aromatic nitrogens is 5. The van der Waals surface area contributed by atoms with Crippen LogP contribution in [0.3, 0.4) is 0 Å². The fourth-order valence-corrected chi connectivity index (χ4v) is 8.19. The maximum absolute atomic E-state index is 5.41. The summed E-state index contributed by atoms with van der Waals surface area (Å²) in [5.74, 6) is 0.846. The van der Waals surface area contributed by atoms with Crippen molar-refractivity contribution in [3.8, 4) is 39.6 Å². The predicted octanol–water partition coefficient (Wildman–Crippen LogP) is 11.9. The fourth-order valence-electron chi connectivity index (χ4n) is 8.19. The van der Waals surface area contributed by atoms with Gasteiger partial charge in [0.2, 0.25) is 0 Å². The first-order chi connectivity index (χ1) is 26.3. The first kappa shape index (κ1) is 29.5. The third-order valence-electron chi connectivity index (χ3n) is 10.5. The zero-order valence-electron chi connectivity index (χ0n) is 28.6. The topological polar surface area (TPSA) is 40.6 Å². The molecule has 0 aliphatic carbocycles. The van der Waals surface area contributed by atoms with Crippen molar-refractivity contribution in [3.05, 3.63) is 188 Å². The van der Waals surface area contributed by atoms with Crippen molar-refractivity contribution >= 4 is 54.8 Å². The van der Waals surface area contributed by atoms with E-state index in [0.717, 1.165) is 50.7 Å². The van der Waals surface area contributed by atoms with Crippen LogP contribution < -0.4 is 0 Å². The van der Waals surface area contributed by atoms with Gasteiger partial charge in [0.05, 0.1) is 22.1 Å². The minimum Gasteiger partial charge on any atom is -0.309 e. The lowest BCUT2D eigenvalue weighted by Crippen LogP contribution is -1.99. The van der Waals surface area contributed by atoms with Gasteiger partial charge in [0.1, 0.15) is 11.3 Å². The number of hydrogen-bond acceptors (Lipinski definition) is 2. The molecule has 0 atom stereocenters. The van der Waals surface area contributed by atoms with Gasteiger partial charge in [0.25, 0.3) is 0 Å². The number of nitrogens with zero attached hydrogens (tertiary/aromatic N) is 5. The Hall–Kier alpha value is -7.24. The highest BCUT2D eigenvalue weighted by Crippen LogP contribution is 2.37. The molecular formula is C48H31N5. The van der Waals surface area contributed by atoms with Crippen LogP contribution in [0, 0.1) is 0 Å². The molecular weight excluding hydrogens is 647 g/mol. The summed E-state index contributed by atoms with van der Waals surface area (Å²) in [6, 6.07) is 64.5. The molecule has 0 radical (unpaired) electrons. The third-order valence-corrected chi connectivity index (χ3v) is 10.5. The molecule has 4 heterocycles. The molecule has 0 amide bonds. The van der Waals surface area contributed by atoms with Crippen molar-refractivity contribution in [3.63, 3.8) is 0 Å². The quantitative estimate of drug-likeness (QED) is 0.182.